The Kier molecular flexibility index (Phi) is 10.3. The summed E-state index contributed by atoms with van der Waals surface area (Å²) in [5, 5.41) is 11.2. The van der Waals surface area contributed by atoms with E-state index in [-0.39, 0.29) is 35.9 Å². The Morgan fingerprint density at radius 3 is 2.42 bits per heavy atom. The second kappa shape index (κ2) is 12.7. The molecule has 1 aliphatic heterocycles. The molecule has 10 nitrogen and oxygen atoms in total. The van der Waals surface area contributed by atoms with Gasteiger partial charge in [-0.1, -0.05) is 0 Å². The number of aryl methyl sites for hydroxylation is 2. The van der Waals surface area contributed by atoms with Crippen LogP contribution in [0.1, 0.15) is 30.3 Å². The second-order valence-corrected chi connectivity index (χ2v) is 8.19. The highest BCUT2D eigenvalue weighted by Crippen LogP contribution is 2.14. The summed E-state index contributed by atoms with van der Waals surface area (Å²) in [4.78, 5) is 29.5. The molecule has 0 aliphatic carbocycles. The molecule has 1 saturated heterocycles. The van der Waals surface area contributed by atoms with Crippen molar-refractivity contribution in [2.45, 2.75) is 39.7 Å². The number of aromatic nitrogens is 4. The highest BCUT2D eigenvalue weighted by Gasteiger charge is 2.22. The van der Waals surface area contributed by atoms with Crippen LogP contribution in [0.5, 0.6) is 0 Å². The zero-order chi connectivity index (χ0) is 23.1. The van der Waals surface area contributed by atoms with Crippen LogP contribution in [-0.2, 0) is 18.3 Å². The molecule has 2 aromatic heterocycles. The molecule has 11 heteroatoms. The number of hydrogen-bond acceptors (Lipinski definition) is 6. The lowest BCUT2D eigenvalue weighted by Crippen LogP contribution is -2.50. The first kappa shape index (κ1) is 26.8. The number of nitrogens with zero attached hydrogens (tertiary/aromatic N) is 7. The minimum absolute atomic E-state index is 0. The minimum atomic E-state index is 0. The van der Waals surface area contributed by atoms with E-state index in [1.165, 1.54) is 11.3 Å². The number of anilines is 1. The lowest BCUT2D eigenvalue weighted by molar-refractivity contribution is -0.131. The standard InChI is InChI=1S/C22H35N9O.HI/c1-16(15-19-17(2)28-29(5)18(19)3)27-21(23-4)24-10-7-20(32)30-11-13-31(14-12-30)22-25-8-6-9-26-22;/h6,8-9,16H,7,10-15H2,1-5H3,(H2,23,24,27);1H. The maximum atomic E-state index is 12.6. The molecular formula is C22H36IN9O. The molecule has 182 valence electrons. The third-order valence-corrected chi connectivity index (χ3v) is 5.87. The van der Waals surface area contributed by atoms with Crippen LogP contribution in [0.25, 0.3) is 0 Å². The number of guanidine groups is 1. The molecule has 1 amide bonds. The Balaban J connectivity index is 0.00000385. The maximum Gasteiger partial charge on any atom is 0.225 e. The molecular weight excluding hydrogens is 533 g/mol. The zero-order valence-corrected chi connectivity index (χ0v) is 22.5. The van der Waals surface area contributed by atoms with Crippen molar-refractivity contribution in [1.82, 2.24) is 35.3 Å². The Labute approximate surface area is 213 Å². The molecule has 3 rings (SSSR count). The van der Waals surface area contributed by atoms with Crippen molar-refractivity contribution >= 4 is 41.8 Å². The van der Waals surface area contributed by atoms with Gasteiger partial charge in [0.05, 0.1) is 5.69 Å². The van der Waals surface area contributed by atoms with Gasteiger partial charge in [0.15, 0.2) is 5.96 Å². The van der Waals surface area contributed by atoms with Gasteiger partial charge < -0.3 is 20.4 Å². The van der Waals surface area contributed by atoms with Crippen LogP contribution in [0.3, 0.4) is 0 Å². The Morgan fingerprint density at radius 1 is 1.18 bits per heavy atom. The van der Waals surface area contributed by atoms with Gasteiger partial charge in [0.2, 0.25) is 11.9 Å². The number of nitrogens with one attached hydrogen (secondary N) is 2. The summed E-state index contributed by atoms with van der Waals surface area (Å²) in [5.74, 6) is 1.58. The molecule has 0 aromatic carbocycles. The van der Waals surface area contributed by atoms with Crippen molar-refractivity contribution in [3.63, 3.8) is 0 Å². The van der Waals surface area contributed by atoms with Crippen LogP contribution < -0.4 is 15.5 Å². The summed E-state index contributed by atoms with van der Waals surface area (Å²) in [5.41, 5.74) is 3.51. The number of carbonyl (C=O) groups is 1. The van der Waals surface area contributed by atoms with Crippen molar-refractivity contribution in [2.24, 2.45) is 12.0 Å². The predicted octanol–water partition coefficient (Wildman–Crippen LogP) is 1.28. The van der Waals surface area contributed by atoms with E-state index in [1.54, 1.807) is 25.5 Å². The number of hydrogen-bond donors (Lipinski definition) is 2. The summed E-state index contributed by atoms with van der Waals surface area (Å²) in [6.07, 6.45) is 4.77. The number of halogens is 1. The quantitative estimate of drug-likeness (QED) is 0.294. The number of aliphatic imine (C=N–C) groups is 1. The largest absolute Gasteiger partial charge is 0.356 e. The zero-order valence-electron chi connectivity index (χ0n) is 20.2. The molecule has 0 bridgehead atoms. The van der Waals surface area contributed by atoms with Gasteiger partial charge >= 0.3 is 0 Å². The van der Waals surface area contributed by atoms with Crippen molar-refractivity contribution in [1.29, 1.82) is 0 Å². The van der Waals surface area contributed by atoms with E-state index in [1.807, 2.05) is 23.6 Å². The second-order valence-electron chi connectivity index (χ2n) is 8.19. The topological polar surface area (TPSA) is 104 Å². The molecule has 0 radical (unpaired) electrons. The van der Waals surface area contributed by atoms with E-state index in [0.29, 0.717) is 32.0 Å². The average molecular weight is 569 g/mol. The van der Waals surface area contributed by atoms with Crippen molar-refractivity contribution in [3.8, 4) is 0 Å². The van der Waals surface area contributed by atoms with Gasteiger partial charge in [0.1, 0.15) is 0 Å². The summed E-state index contributed by atoms with van der Waals surface area (Å²) >= 11 is 0. The SMILES string of the molecule is CN=C(NCCC(=O)N1CCN(c2ncccn2)CC1)NC(C)Cc1c(C)nn(C)c1C.I. The van der Waals surface area contributed by atoms with E-state index in [2.05, 4.69) is 49.4 Å². The van der Waals surface area contributed by atoms with E-state index in [9.17, 15) is 4.79 Å². The van der Waals surface area contributed by atoms with Gasteiger partial charge in [-0.25, -0.2) is 9.97 Å². The highest BCUT2D eigenvalue weighted by molar-refractivity contribution is 14.0. The van der Waals surface area contributed by atoms with Crippen LogP contribution in [-0.4, -0.2) is 82.3 Å². The van der Waals surface area contributed by atoms with Gasteiger partial charge in [0, 0.05) is 77.4 Å². The van der Waals surface area contributed by atoms with E-state index >= 15 is 0 Å². The van der Waals surface area contributed by atoms with Crippen molar-refractivity contribution in [3.05, 3.63) is 35.4 Å². The third-order valence-electron chi connectivity index (χ3n) is 5.87. The summed E-state index contributed by atoms with van der Waals surface area (Å²) in [7, 11) is 3.71. The molecule has 2 aromatic rings. The summed E-state index contributed by atoms with van der Waals surface area (Å²) in [6.45, 7) is 9.66. The van der Waals surface area contributed by atoms with Crippen molar-refractivity contribution in [2.75, 3.05) is 44.7 Å². The monoisotopic (exact) mass is 569 g/mol. The van der Waals surface area contributed by atoms with Crippen LogP contribution in [0.4, 0.5) is 5.95 Å². The molecule has 2 N–H and O–H groups in total. The lowest BCUT2D eigenvalue weighted by atomic mass is 10.1. The molecule has 1 aliphatic rings. The fraction of sp³-hybridized carbons (Fsp3) is 0.591. The Morgan fingerprint density at radius 2 is 1.85 bits per heavy atom. The van der Waals surface area contributed by atoms with Crippen molar-refractivity contribution < 1.29 is 4.79 Å². The van der Waals surface area contributed by atoms with E-state index in [0.717, 1.165) is 31.2 Å². The van der Waals surface area contributed by atoms with E-state index in [4.69, 9.17) is 0 Å². The number of carbonyl (C=O) groups excluding carboxylic acids is 1. The molecule has 0 saturated carbocycles. The summed E-state index contributed by atoms with van der Waals surface area (Å²) in [6, 6.07) is 1.99. The minimum Gasteiger partial charge on any atom is -0.356 e. The smallest absolute Gasteiger partial charge is 0.225 e. The molecule has 0 spiro atoms. The first-order chi connectivity index (χ1) is 15.4. The summed E-state index contributed by atoms with van der Waals surface area (Å²) < 4.78 is 1.92. The van der Waals surface area contributed by atoms with Crippen LogP contribution in [0.2, 0.25) is 0 Å². The van der Waals surface area contributed by atoms with E-state index < -0.39 is 0 Å². The molecule has 1 atom stereocenters. The number of piperazine rings is 1. The predicted molar refractivity (Wildman–Crippen MR) is 141 cm³/mol. The van der Waals surface area contributed by atoms with Gasteiger partial charge in [-0.15, -0.1) is 24.0 Å². The molecule has 33 heavy (non-hydrogen) atoms. The highest BCUT2D eigenvalue weighted by atomic mass is 127. The fourth-order valence-corrected chi connectivity index (χ4v) is 3.95. The van der Waals surface area contributed by atoms with Gasteiger partial charge in [-0.05, 0) is 38.8 Å². The average Bonchev–Trinajstić information content (AvgIpc) is 3.04. The Hall–Kier alpha value is -2.44. The molecule has 1 fully saturated rings. The maximum absolute atomic E-state index is 12.6. The van der Waals surface area contributed by atoms with Crippen LogP contribution in [0, 0.1) is 13.8 Å². The van der Waals surface area contributed by atoms with Crippen LogP contribution in [0.15, 0.2) is 23.5 Å². The normalized spacial score (nSPS) is 15.1. The van der Waals surface area contributed by atoms with Gasteiger partial charge in [-0.2, -0.15) is 5.10 Å². The first-order valence-electron chi connectivity index (χ1n) is 11.1. The number of rotatable bonds is 7. The van der Waals surface area contributed by atoms with Crippen LogP contribution >= 0.6 is 24.0 Å². The van der Waals surface area contributed by atoms with Gasteiger partial charge in [0.25, 0.3) is 0 Å². The molecule has 1 unspecified atom stereocenters. The Bertz CT molecular complexity index is 923. The lowest BCUT2D eigenvalue weighted by Gasteiger charge is -2.34. The van der Waals surface area contributed by atoms with Gasteiger partial charge in [-0.3, -0.25) is 14.5 Å². The first-order valence-corrected chi connectivity index (χ1v) is 11.1. The fourth-order valence-electron chi connectivity index (χ4n) is 3.95. The third kappa shape index (κ3) is 7.27. The number of amides is 1. The molecule has 3 heterocycles.